The Balaban J connectivity index is 1.75. The first kappa shape index (κ1) is 16.8. The molecule has 0 bridgehead atoms. The molecule has 0 atom stereocenters. The van der Waals surface area contributed by atoms with Gasteiger partial charge < -0.3 is 14.8 Å². The fourth-order valence-electron chi connectivity index (χ4n) is 2.39. The lowest BCUT2D eigenvalue weighted by molar-refractivity contribution is -0.385. The first-order valence-corrected chi connectivity index (χ1v) is 7.65. The van der Waals surface area contributed by atoms with Gasteiger partial charge in [-0.05, 0) is 36.8 Å². The molecule has 7 nitrogen and oxygen atoms in total. The average molecular weight is 361 g/mol. The molecule has 0 spiro atoms. The van der Waals surface area contributed by atoms with Crippen LogP contribution in [0, 0.1) is 17.0 Å². The van der Waals surface area contributed by atoms with Crippen molar-refractivity contribution in [1.82, 2.24) is 0 Å². The molecule has 128 valence electrons. The van der Waals surface area contributed by atoms with Crippen LogP contribution in [0.15, 0.2) is 36.4 Å². The van der Waals surface area contributed by atoms with E-state index in [-0.39, 0.29) is 12.5 Å². The minimum atomic E-state index is -0.491. The highest BCUT2D eigenvalue weighted by molar-refractivity contribution is 6.32. The fraction of sp³-hybridized carbons (Fsp3) is 0.118. The summed E-state index contributed by atoms with van der Waals surface area (Å²) in [6.45, 7) is 1.68. The van der Waals surface area contributed by atoms with Gasteiger partial charge in [0.05, 0.1) is 21.2 Å². The van der Waals surface area contributed by atoms with E-state index in [0.29, 0.717) is 33.3 Å². The van der Waals surface area contributed by atoms with Gasteiger partial charge >= 0.3 is 0 Å². The predicted molar refractivity (Wildman–Crippen MR) is 93.1 cm³/mol. The van der Waals surface area contributed by atoms with Gasteiger partial charge in [0, 0.05) is 12.1 Å². The van der Waals surface area contributed by atoms with Gasteiger partial charge in [-0.15, -0.1) is 0 Å². The van der Waals surface area contributed by atoms with E-state index in [1.807, 2.05) is 0 Å². The van der Waals surface area contributed by atoms with Crippen molar-refractivity contribution in [3.63, 3.8) is 0 Å². The van der Waals surface area contributed by atoms with E-state index >= 15 is 0 Å². The highest BCUT2D eigenvalue weighted by Gasteiger charge is 2.18. The maximum absolute atomic E-state index is 12.1. The van der Waals surface area contributed by atoms with Crippen LogP contribution in [0.1, 0.15) is 11.1 Å². The number of halogens is 1. The van der Waals surface area contributed by atoms with Crippen molar-refractivity contribution in [2.45, 2.75) is 6.92 Å². The molecule has 0 fully saturated rings. The third-order valence-corrected chi connectivity index (χ3v) is 3.92. The number of carbonyl (C=O) groups is 1. The monoisotopic (exact) mass is 360 g/mol. The van der Waals surface area contributed by atoms with Gasteiger partial charge in [0.1, 0.15) is 0 Å². The number of nitro benzene ring substituents is 1. The zero-order valence-electron chi connectivity index (χ0n) is 13.1. The number of nitrogens with zero attached hydrogens (tertiary/aromatic N) is 1. The second-order valence-electron chi connectivity index (χ2n) is 5.27. The molecule has 2 aromatic carbocycles. The molecule has 1 N–H and O–H groups in total. The van der Waals surface area contributed by atoms with E-state index in [1.54, 1.807) is 31.2 Å². The summed E-state index contributed by atoms with van der Waals surface area (Å²) in [5.74, 6) is 0.579. The van der Waals surface area contributed by atoms with Crippen molar-refractivity contribution < 1.29 is 19.2 Å². The number of ether oxygens (including phenoxy) is 2. The molecule has 0 radical (unpaired) electrons. The number of hydrogen-bond donors (Lipinski definition) is 1. The first-order valence-electron chi connectivity index (χ1n) is 7.28. The largest absolute Gasteiger partial charge is 0.454 e. The number of benzene rings is 2. The highest BCUT2D eigenvalue weighted by Crippen LogP contribution is 2.40. The summed E-state index contributed by atoms with van der Waals surface area (Å²) in [7, 11) is 0. The number of anilines is 1. The third-order valence-electron chi connectivity index (χ3n) is 3.64. The summed E-state index contributed by atoms with van der Waals surface area (Å²) < 4.78 is 10.5. The maximum Gasteiger partial charge on any atom is 0.274 e. The zero-order valence-corrected chi connectivity index (χ0v) is 13.9. The predicted octanol–water partition coefficient (Wildman–Crippen LogP) is 3.94. The Hall–Kier alpha value is -3.06. The van der Waals surface area contributed by atoms with Crippen molar-refractivity contribution in [1.29, 1.82) is 0 Å². The molecule has 1 heterocycles. The molecular weight excluding hydrogens is 348 g/mol. The van der Waals surface area contributed by atoms with Gasteiger partial charge in [-0.3, -0.25) is 14.9 Å². The molecule has 0 unspecified atom stereocenters. The van der Waals surface area contributed by atoms with Crippen molar-refractivity contribution in [2.75, 3.05) is 12.1 Å². The van der Waals surface area contributed by atoms with Gasteiger partial charge in [-0.2, -0.15) is 0 Å². The van der Waals surface area contributed by atoms with Crippen LogP contribution in [0.3, 0.4) is 0 Å². The van der Waals surface area contributed by atoms with Crippen LogP contribution in [0.2, 0.25) is 5.02 Å². The normalized spacial score (nSPS) is 12.4. The van der Waals surface area contributed by atoms with Gasteiger partial charge in [-0.1, -0.05) is 17.7 Å². The van der Waals surface area contributed by atoms with E-state index in [4.69, 9.17) is 21.1 Å². The molecule has 25 heavy (non-hydrogen) atoms. The Morgan fingerprint density at radius 2 is 2.16 bits per heavy atom. The van der Waals surface area contributed by atoms with Gasteiger partial charge in [-0.25, -0.2) is 0 Å². The van der Waals surface area contributed by atoms with Crippen LogP contribution in [0.25, 0.3) is 6.08 Å². The van der Waals surface area contributed by atoms with Crippen LogP contribution in [0.5, 0.6) is 11.5 Å². The Bertz CT molecular complexity index is 895. The molecule has 8 heteroatoms. The lowest BCUT2D eigenvalue weighted by Crippen LogP contribution is -2.09. The van der Waals surface area contributed by atoms with Crippen LogP contribution in [-0.2, 0) is 4.79 Å². The average Bonchev–Trinajstić information content (AvgIpc) is 3.04. The number of amides is 1. The standard InChI is InChI=1S/C17H13ClN2O5/c1-10-13(3-2-4-14(10)20(22)23)19-16(21)6-5-11-7-12(18)17-15(8-11)24-9-25-17/h2-8H,9H2,1H3,(H,19,21)/b6-5+. The highest BCUT2D eigenvalue weighted by atomic mass is 35.5. The first-order chi connectivity index (χ1) is 12.0. The molecule has 1 aliphatic rings. The van der Waals surface area contributed by atoms with E-state index < -0.39 is 10.8 Å². The fourth-order valence-corrected chi connectivity index (χ4v) is 2.66. The van der Waals surface area contributed by atoms with E-state index in [2.05, 4.69) is 5.32 Å². The molecule has 1 aliphatic heterocycles. The van der Waals surface area contributed by atoms with Crippen LogP contribution >= 0.6 is 11.6 Å². The molecule has 0 saturated carbocycles. The third kappa shape index (κ3) is 3.56. The Labute approximate surface area is 148 Å². The zero-order chi connectivity index (χ0) is 18.0. The molecule has 1 amide bonds. The Morgan fingerprint density at radius 1 is 1.36 bits per heavy atom. The quantitative estimate of drug-likeness (QED) is 0.506. The van der Waals surface area contributed by atoms with Gasteiger partial charge in [0.2, 0.25) is 12.7 Å². The van der Waals surface area contributed by atoms with Crippen molar-refractivity contribution >= 4 is 35.0 Å². The summed E-state index contributed by atoms with van der Waals surface area (Å²) in [4.78, 5) is 22.5. The Kier molecular flexibility index (Phi) is 4.58. The topological polar surface area (TPSA) is 90.7 Å². The van der Waals surface area contributed by atoms with Crippen LogP contribution < -0.4 is 14.8 Å². The van der Waals surface area contributed by atoms with Crippen molar-refractivity contribution in [3.05, 3.63) is 62.7 Å². The second kappa shape index (κ2) is 6.82. The minimum Gasteiger partial charge on any atom is -0.454 e. The van der Waals surface area contributed by atoms with Crippen molar-refractivity contribution in [2.24, 2.45) is 0 Å². The number of carbonyl (C=O) groups excluding carboxylic acids is 1. The Morgan fingerprint density at radius 3 is 2.92 bits per heavy atom. The number of nitrogens with one attached hydrogen (secondary N) is 1. The number of nitro groups is 1. The number of hydrogen-bond acceptors (Lipinski definition) is 5. The van der Waals surface area contributed by atoms with Gasteiger partial charge in [0.25, 0.3) is 5.69 Å². The molecule has 0 aliphatic carbocycles. The van der Waals surface area contributed by atoms with E-state index in [0.717, 1.165) is 0 Å². The molecular formula is C17H13ClN2O5. The van der Waals surface area contributed by atoms with E-state index in [9.17, 15) is 14.9 Å². The van der Waals surface area contributed by atoms with Crippen LogP contribution in [0.4, 0.5) is 11.4 Å². The van der Waals surface area contributed by atoms with E-state index in [1.165, 1.54) is 18.2 Å². The summed E-state index contributed by atoms with van der Waals surface area (Å²) >= 11 is 6.08. The summed E-state index contributed by atoms with van der Waals surface area (Å²) in [6, 6.07) is 7.86. The maximum atomic E-state index is 12.1. The second-order valence-corrected chi connectivity index (χ2v) is 5.67. The number of rotatable bonds is 4. The SMILES string of the molecule is Cc1c(NC(=O)/C=C/c2cc(Cl)c3c(c2)OCO3)cccc1[N+](=O)[O-]. The number of fused-ring (bicyclic) bond motifs is 1. The lowest BCUT2D eigenvalue weighted by Gasteiger charge is -2.06. The molecule has 2 aromatic rings. The van der Waals surface area contributed by atoms with Gasteiger partial charge in [0.15, 0.2) is 11.5 Å². The molecule has 3 rings (SSSR count). The smallest absolute Gasteiger partial charge is 0.274 e. The molecule has 0 aromatic heterocycles. The summed E-state index contributed by atoms with van der Waals surface area (Å²) in [5, 5.41) is 14.0. The summed E-state index contributed by atoms with van der Waals surface area (Å²) in [6.07, 6.45) is 2.88. The lowest BCUT2D eigenvalue weighted by atomic mass is 10.1. The summed E-state index contributed by atoms with van der Waals surface area (Å²) in [5.41, 5.74) is 1.39. The van der Waals surface area contributed by atoms with Crippen molar-refractivity contribution in [3.8, 4) is 11.5 Å². The molecule has 0 saturated heterocycles. The van der Waals surface area contributed by atoms with Crippen LogP contribution in [-0.4, -0.2) is 17.6 Å². The minimum absolute atomic E-state index is 0.0515.